The lowest BCUT2D eigenvalue weighted by atomic mass is 10.2. The minimum absolute atomic E-state index is 0.521. The summed E-state index contributed by atoms with van der Waals surface area (Å²) >= 11 is 3.55. The highest BCUT2D eigenvalue weighted by Crippen LogP contribution is 2.28. The summed E-state index contributed by atoms with van der Waals surface area (Å²) in [5, 5.41) is 1.04. The molecule has 0 aliphatic heterocycles. The maximum atomic E-state index is 5.75. The Morgan fingerprint density at radius 1 is 1.56 bits per heavy atom. The number of ether oxygens (including phenoxy) is 1. The van der Waals surface area contributed by atoms with Gasteiger partial charge in [-0.15, -0.1) is 11.3 Å². The number of thiazole rings is 1. The Labute approximate surface area is 118 Å². The van der Waals surface area contributed by atoms with Gasteiger partial charge in [0.05, 0.1) is 12.3 Å². The molecule has 18 heavy (non-hydrogen) atoms. The summed E-state index contributed by atoms with van der Waals surface area (Å²) in [6, 6.07) is 0.521. The topological polar surface area (TPSA) is 51.4 Å². The molecule has 104 valence electrons. The third-order valence-electron chi connectivity index (χ3n) is 2.91. The zero-order valence-electron chi connectivity index (χ0n) is 11.6. The Hall–Kier alpha value is -0.300. The van der Waals surface area contributed by atoms with E-state index in [1.165, 1.54) is 0 Å². The van der Waals surface area contributed by atoms with E-state index in [0.717, 1.165) is 27.9 Å². The van der Waals surface area contributed by atoms with Crippen LogP contribution in [0.15, 0.2) is 0 Å². The predicted octanol–water partition coefficient (Wildman–Crippen LogP) is 2.33. The van der Waals surface area contributed by atoms with Crippen LogP contribution in [0.2, 0.25) is 0 Å². The summed E-state index contributed by atoms with van der Waals surface area (Å²) < 4.78 is 5.16. The molecule has 1 rings (SSSR count). The van der Waals surface area contributed by atoms with E-state index in [-0.39, 0.29) is 0 Å². The number of nitrogens with zero attached hydrogens (tertiary/aromatic N) is 2. The molecule has 6 heteroatoms. The highest BCUT2D eigenvalue weighted by molar-refractivity contribution is 7.98. The van der Waals surface area contributed by atoms with Gasteiger partial charge >= 0.3 is 0 Å². The van der Waals surface area contributed by atoms with Crippen molar-refractivity contribution in [2.75, 3.05) is 31.1 Å². The third-order valence-corrected chi connectivity index (χ3v) is 4.84. The molecule has 0 saturated heterocycles. The first-order chi connectivity index (χ1) is 8.67. The van der Waals surface area contributed by atoms with Crippen molar-refractivity contribution in [1.82, 2.24) is 4.98 Å². The first-order valence-corrected chi connectivity index (χ1v) is 8.28. The highest BCUT2D eigenvalue weighted by Gasteiger charge is 2.18. The Morgan fingerprint density at radius 3 is 2.78 bits per heavy atom. The van der Waals surface area contributed by atoms with Crippen LogP contribution >= 0.6 is 23.1 Å². The highest BCUT2D eigenvalue weighted by atomic mass is 32.2. The van der Waals surface area contributed by atoms with Crippen LogP contribution in [-0.4, -0.2) is 37.2 Å². The van der Waals surface area contributed by atoms with Crippen LogP contribution in [0.1, 0.15) is 23.9 Å². The average Bonchev–Trinajstić information content (AvgIpc) is 2.78. The third kappa shape index (κ3) is 3.85. The van der Waals surface area contributed by atoms with E-state index in [1.54, 1.807) is 18.4 Å². The average molecular weight is 289 g/mol. The summed E-state index contributed by atoms with van der Waals surface area (Å²) in [6.45, 7) is 3.28. The second-order valence-electron chi connectivity index (χ2n) is 4.13. The maximum absolute atomic E-state index is 5.75. The van der Waals surface area contributed by atoms with Crippen molar-refractivity contribution in [2.45, 2.75) is 32.5 Å². The number of hydrogen-bond acceptors (Lipinski definition) is 6. The van der Waals surface area contributed by atoms with Crippen molar-refractivity contribution in [3.63, 3.8) is 0 Å². The number of anilines is 1. The molecule has 0 saturated carbocycles. The molecular weight excluding hydrogens is 266 g/mol. The minimum Gasteiger partial charge on any atom is -0.378 e. The second-order valence-corrected chi connectivity index (χ2v) is 6.10. The molecule has 0 amide bonds. The number of hydrogen-bond donors (Lipinski definition) is 1. The lowest BCUT2D eigenvalue weighted by molar-refractivity contribution is 0.181. The van der Waals surface area contributed by atoms with Gasteiger partial charge in [-0.2, -0.15) is 11.8 Å². The number of thioether (sulfide) groups is 1. The number of rotatable bonds is 8. The van der Waals surface area contributed by atoms with Crippen LogP contribution in [0.5, 0.6) is 0 Å². The van der Waals surface area contributed by atoms with Gasteiger partial charge in [-0.25, -0.2) is 4.98 Å². The van der Waals surface area contributed by atoms with E-state index in [2.05, 4.69) is 30.1 Å². The summed E-state index contributed by atoms with van der Waals surface area (Å²) in [6.07, 6.45) is 3.26. The maximum Gasteiger partial charge on any atom is 0.185 e. The first kappa shape index (κ1) is 15.8. The zero-order valence-corrected chi connectivity index (χ0v) is 13.2. The van der Waals surface area contributed by atoms with Crippen LogP contribution < -0.4 is 10.6 Å². The molecule has 2 N–H and O–H groups in total. The van der Waals surface area contributed by atoms with Crippen LogP contribution in [-0.2, 0) is 17.9 Å². The van der Waals surface area contributed by atoms with Crippen molar-refractivity contribution >= 4 is 28.2 Å². The molecule has 0 radical (unpaired) electrons. The minimum atomic E-state index is 0.521. The van der Waals surface area contributed by atoms with Crippen LogP contribution in [0.4, 0.5) is 5.13 Å². The van der Waals surface area contributed by atoms with Gasteiger partial charge in [0.2, 0.25) is 0 Å². The fraction of sp³-hybridized carbons (Fsp3) is 0.750. The molecule has 0 spiro atoms. The van der Waals surface area contributed by atoms with E-state index in [9.17, 15) is 0 Å². The van der Waals surface area contributed by atoms with Crippen molar-refractivity contribution in [3.05, 3.63) is 10.6 Å². The molecule has 0 aromatic carbocycles. The summed E-state index contributed by atoms with van der Waals surface area (Å²) in [7, 11) is 3.80. The lowest BCUT2D eigenvalue weighted by Crippen LogP contribution is -2.33. The van der Waals surface area contributed by atoms with Crippen LogP contribution in [0.25, 0.3) is 0 Å². The summed E-state index contributed by atoms with van der Waals surface area (Å²) in [4.78, 5) is 8.04. The molecule has 1 aromatic rings. The van der Waals surface area contributed by atoms with Crippen molar-refractivity contribution in [3.8, 4) is 0 Å². The van der Waals surface area contributed by atoms with Crippen LogP contribution in [0.3, 0.4) is 0 Å². The zero-order chi connectivity index (χ0) is 13.5. The monoisotopic (exact) mass is 289 g/mol. The second kappa shape index (κ2) is 7.99. The molecule has 0 aliphatic rings. The molecule has 0 aliphatic carbocycles. The molecular formula is C12H23N3OS2. The Morgan fingerprint density at radius 2 is 2.28 bits per heavy atom. The lowest BCUT2D eigenvalue weighted by Gasteiger charge is -2.26. The Balaban J connectivity index is 2.87. The predicted molar refractivity (Wildman–Crippen MR) is 81.6 cm³/mol. The normalized spacial score (nSPS) is 12.7. The van der Waals surface area contributed by atoms with Crippen LogP contribution in [0, 0.1) is 0 Å². The molecule has 1 heterocycles. The fourth-order valence-electron chi connectivity index (χ4n) is 1.78. The molecule has 4 nitrogen and oxygen atoms in total. The van der Waals surface area contributed by atoms with Gasteiger partial charge in [0.25, 0.3) is 0 Å². The molecule has 1 aromatic heterocycles. The van der Waals surface area contributed by atoms with E-state index in [0.29, 0.717) is 19.2 Å². The van der Waals surface area contributed by atoms with Gasteiger partial charge in [-0.3, -0.25) is 0 Å². The molecule has 1 unspecified atom stereocenters. The standard InChI is InChI=1S/C12H23N3OS2/c1-5-9(8-17-4)15(2)12-14-10(7-16-3)11(6-13)18-12/h9H,5-8,13H2,1-4H3. The van der Waals surface area contributed by atoms with Gasteiger partial charge in [-0.1, -0.05) is 6.92 Å². The van der Waals surface area contributed by atoms with Gasteiger partial charge in [0.15, 0.2) is 5.13 Å². The van der Waals surface area contributed by atoms with E-state index in [1.807, 2.05) is 11.8 Å². The molecule has 1 atom stereocenters. The van der Waals surface area contributed by atoms with Crippen molar-refractivity contribution < 1.29 is 4.74 Å². The fourth-order valence-corrected chi connectivity index (χ4v) is 3.60. The number of aromatic nitrogens is 1. The SMILES string of the molecule is CCC(CSC)N(C)c1nc(COC)c(CN)s1. The van der Waals surface area contributed by atoms with E-state index >= 15 is 0 Å². The van der Waals surface area contributed by atoms with Crippen molar-refractivity contribution in [2.24, 2.45) is 5.73 Å². The quantitative estimate of drug-likeness (QED) is 0.796. The summed E-state index contributed by atoms with van der Waals surface area (Å²) in [5.41, 5.74) is 6.73. The van der Waals surface area contributed by atoms with Crippen molar-refractivity contribution in [1.29, 1.82) is 0 Å². The van der Waals surface area contributed by atoms with Gasteiger partial charge in [0, 0.05) is 37.4 Å². The molecule has 0 fully saturated rings. The van der Waals surface area contributed by atoms with Gasteiger partial charge < -0.3 is 15.4 Å². The first-order valence-electron chi connectivity index (χ1n) is 6.07. The van der Waals surface area contributed by atoms with E-state index in [4.69, 9.17) is 10.5 Å². The molecule has 0 bridgehead atoms. The number of nitrogens with two attached hydrogens (primary N) is 1. The largest absolute Gasteiger partial charge is 0.378 e. The smallest absolute Gasteiger partial charge is 0.185 e. The van der Waals surface area contributed by atoms with Gasteiger partial charge in [-0.05, 0) is 12.7 Å². The van der Waals surface area contributed by atoms with Gasteiger partial charge in [0.1, 0.15) is 0 Å². The Bertz CT molecular complexity index is 357. The van der Waals surface area contributed by atoms with E-state index < -0.39 is 0 Å². The number of methoxy groups -OCH3 is 1. The summed E-state index contributed by atoms with van der Waals surface area (Å²) in [5.74, 6) is 1.12. The Kier molecular flexibility index (Phi) is 6.99.